The minimum Gasteiger partial charge on any atom is -0.447 e. The number of carbonyl (C=O) groups is 2. The molecule has 2 aromatic carbocycles. The first-order chi connectivity index (χ1) is 15.4. The largest absolute Gasteiger partial charge is 0.447 e. The van der Waals surface area contributed by atoms with Gasteiger partial charge in [-0.15, -0.1) is 0 Å². The van der Waals surface area contributed by atoms with E-state index < -0.39 is 24.0 Å². The lowest BCUT2D eigenvalue weighted by atomic mass is 10.2. The zero-order valence-electron chi connectivity index (χ0n) is 17.3. The number of rotatable bonds is 7. The first kappa shape index (κ1) is 23.2. The molecular formula is C22H23ClFN5O3. The number of nitrogens with one attached hydrogen (secondary N) is 2. The third-order valence-electron chi connectivity index (χ3n) is 4.87. The van der Waals surface area contributed by atoms with Gasteiger partial charge in [-0.3, -0.25) is 5.32 Å². The molecule has 0 saturated heterocycles. The number of aromatic nitrogens is 1. The van der Waals surface area contributed by atoms with Crippen LogP contribution in [0.1, 0.15) is 5.56 Å². The number of anilines is 1. The molecule has 0 spiro atoms. The lowest BCUT2D eigenvalue weighted by Crippen LogP contribution is -2.49. The van der Waals surface area contributed by atoms with Gasteiger partial charge >= 0.3 is 12.1 Å². The summed E-state index contributed by atoms with van der Waals surface area (Å²) in [7, 11) is 1.52. The second-order valence-electron chi connectivity index (χ2n) is 7.01. The summed E-state index contributed by atoms with van der Waals surface area (Å²) in [4.78, 5) is 30.1. The Morgan fingerprint density at radius 2 is 1.97 bits per heavy atom. The molecule has 3 rings (SSSR count). The van der Waals surface area contributed by atoms with Crippen LogP contribution in [0.2, 0.25) is 5.02 Å². The molecule has 32 heavy (non-hydrogen) atoms. The van der Waals surface area contributed by atoms with E-state index in [2.05, 4.69) is 15.6 Å². The molecule has 3 amide bonds. The third-order valence-corrected chi connectivity index (χ3v) is 5.29. The van der Waals surface area contributed by atoms with Crippen molar-refractivity contribution in [3.05, 3.63) is 71.1 Å². The molecule has 1 aromatic heterocycles. The number of halogens is 2. The molecule has 1 atom stereocenters. The monoisotopic (exact) mass is 459 g/mol. The number of hydrogen-bond donors (Lipinski definition) is 3. The van der Waals surface area contributed by atoms with Gasteiger partial charge in [-0.05, 0) is 23.1 Å². The van der Waals surface area contributed by atoms with Gasteiger partial charge in [-0.2, -0.15) is 0 Å². The summed E-state index contributed by atoms with van der Waals surface area (Å²) in [6.45, 7) is -0.0290. The van der Waals surface area contributed by atoms with E-state index >= 15 is 0 Å². The summed E-state index contributed by atoms with van der Waals surface area (Å²) >= 11 is 5.90. The lowest BCUT2D eigenvalue weighted by molar-refractivity contribution is 0.119. The maximum atomic E-state index is 13.5. The van der Waals surface area contributed by atoms with E-state index in [4.69, 9.17) is 22.1 Å². The molecule has 0 bridgehead atoms. The molecule has 0 aliphatic carbocycles. The number of amides is 3. The fraction of sp³-hybridized carbons (Fsp3) is 0.227. The normalized spacial score (nSPS) is 11.6. The maximum Gasteiger partial charge on any atom is 0.412 e. The highest BCUT2D eigenvalue weighted by Gasteiger charge is 2.21. The van der Waals surface area contributed by atoms with Crippen molar-refractivity contribution in [2.75, 3.05) is 25.5 Å². The van der Waals surface area contributed by atoms with Gasteiger partial charge in [0.1, 0.15) is 18.2 Å². The molecule has 0 fully saturated rings. The van der Waals surface area contributed by atoms with Crippen LogP contribution in [0.15, 0.2) is 54.7 Å². The molecule has 168 valence electrons. The number of fused-ring (bicyclic) bond motifs is 1. The molecule has 0 unspecified atom stereocenters. The van der Waals surface area contributed by atoms with Gasteiger partial charge in [0.2, 0.25) is 0 Å². The molecule has 0 aliphatic heterocycles. The molecule has 0 radical (unpaired) electrons. The Morgan fingerprint density at radius 1 is 1.22 bits per heavy atom. The van der Waals surface area contributed by atoms with Crippen molar-refractivity contribution < 1.29 is 18.7 Å². The second-order valence-corrected chi connectivity index (χ2v) is 7.39. The van der Waals surface area contributed by atoms with E-state index in [1.54, 1.807) is 18.3 Å². The predicted octanol–water partition coefficient (Wildman–Crippen LogP) is 3.74. The van der Waals surface area contributed by atoms with Crippen molar-refractivity contribution in [3.63, 3.8) is 0 Å². The van der Waals surface area contributed by atoms with Gasteiger partial charge < -0.3 is 20.7 Å². The maximum absolute atomic E-state index is 13.5. The van der Waals surface area contributed by atoms with Crippen LogP contribution in [0.5, 0.6) is 0 Å². The summed E-state index contributed by atoms with van der Waals surface area (Å²) in [5, 5.41) is 7.02. The Hall–Kier alpha value is -3.43. The Bertz CT molecular complexity index is 1110. The molecule has 4 N–H and O–H groups in total. The third kappa shape index (κ3) is 5.83. The highest BCUT2D eigenvalue weighted by atomic mass is 35.5. The lowest BCUT2D eigenvalue weighted by Gasteiger charge is -2.27. The van der Waals surface area contributed by atoms with Gasteiger partial charge in [0.15, 0.2) is 0 Å². The smallest absolute Gasteiger partial charge is 0.412 e. The summed E-state index contributed by atoms with van der Waals surface area (Å²) in [6, 6.07) is 12.6. The van der Waals surface area contributed by atoms with E-state index in [9.17, 15) is 14.0 Å². The standard InChI is InChI=1S/C22H23ClFN5O3/c1-29(21(30)27-12-16-7-4-8-18(24)20(16)23)17(10-25)13-32-22(31)28-19-9-14-5-2-3-6-15(14)11-26-19/h2-9,11,17H,10,12-13,25H2,1H3,(H,27,30)(H,26,28,31)/t17-/m1/s1. The Balaban J connectivity index is 1.51. The van der Waals surface area contributed by atoms with Gasteiger partial charge in [-0.25, -0.2) is 19.0 Å². The Kier molecular flexibility index (Phi) is 7.80. The first-order valence-electron chi connectivity index (χ1n) is 9.81. The summed E-state index contributed by atoms with van der Waals surface area (Å²) in [5.41, 5.74) is 6.19. The van der Waals surface area contributed by atoms with Crippen molar-refractivity contribution in [2.45, 2.75) is 12.6 Å². The number of likely N-dealkylation sites (N-methyl/N-ethyl adjacent to an activating group) is 1. The van der Waals surface area contributed by atoms with E-state index in [0.29, 0.717) is 11.4 Å². The molecule has 8 nitrogen and oxygen atoms in total. The van der Waals surface area contributed by atoms with E-state index in [-0.39, 0.29) is 24.7 Å². The number of nitrogens with two attached hydrogens (primary N) is 1. The van der Waals surface area contributed by atoms with Gasteiger partial charge in [-0.1, -0.05) is 48.0 Å². The van der Waals surface area contributed by atoms with E-state index in [1.807, 2.05) is 24.3 Å². The fourth-order valence-corrected chi connectivity index (χ4v) is 3.14. The number of hydrogen-bond acceptors (Lipinski definition) is 5. The van der Waals surface area contributed by atoms with Crippen molar-refractivity contribution in [2.24, 2.45) is 5.73 Å². The summed E-state index contributed by atoms with van der Waals surface area (Å²) in [5.74, 6) is -0.219. The van der Waals surface area contributed by atoms with Crippen LogP contribution < -0.4 is 16.4 Å². The topological polar surface area (TPSA) is 110 Å². The molecule has 10 heteroatoms. The quantitative estimate of drug-likeness (QED) is 0.498. The molecule has 1 heterocycles. The van der Waals surface area contributed by atoms with Crippen molar-refractivity contribution in [3.8, 4) is 0 Å². The summed E-state index contributed by atoms with van der Waals surface area (Å²) < 4.78 is 18.7. The Morgan fingerprint density at radius 3 is 2.72 bits per heavy atom. The number of pyridine rings is 1. The van der Waals surface area contributed by atoms with Crippen LogP contribution in [0, 0.1) is 5.82 Å². The first-order valence-corrected chi connectivity index (χ1v) is 10.2. The molecular weight excluding hydrogens is 437 g/mol. The number of nitrogens with zero attached hydrogens (tertiary/aromatic N) is 2. The van der Waals surface area contributed by atoms with Gasteiger partial charge in [0.25, 0.3) is 0 Å². The van der Waals surface area contributed by atoms with Crippen LogP contribution in [0.4, 0.5) is 19.8 Å². The molecule has 3 aromatic rings. The van der Waals surface area contributed by atoms with Crippen LogP contribution >= 0.6 is 11.6 Å². The van der Waals surface area contributed by atoms with Crippen molar-refractivity contribution in [1.82, 2.24) is 15.2 Å². The summed E-state index contributed by atoms with van der Waals surface area (Å²) in [6.07, 6.45) is 0.933. The number of ether oxygens (including phenoxy) is 1. The minimum absolute atomic E-state index is 0.0338. The van der Waals surface area contributed by atoms with E-state index in [1.165, 1.54) is 24.1 Å². The zero-order chi connectivity index (χ0) is 23.1. The number of benzene rings is 2. The average molecular weight is 460 g/mol. The van der Waals surface area contributed by atoms with Crippen LogP contribution in [-0.4, -0.2) is 48.2 Å². The minimum atomic E-state index is -0.716. The van der Waals surface area contributed by atoms with Crippen molar-refractivity contribution in [1.29, 1.82) is 0 Å². The zero-order valence-corrected chi connectivity index (χ0v) is 18.1. The fourth-order valence-electron chi connectivity index (χ4n) is 2.95. The Labute approximate surface area is 189 Å². The van der Waals surface area contributed by atoms with Gasteiger partial charge in [0.05, 0.1) is 11.1 Å². The molecule has 0 saturated carbocycles. The highest BCUT2D eigenvalue weighted by Crippen LogP contribution is 2.19. The molecule has 0 aliphatic rings. The number of urea groups is 1. The van der Waals surface area contributed by atoms with Crippen LogP contribution in [0.3, 0.4) is 0 Å². The highest BCUT2D eigenvalue weighted by molar-refractivity contribution is 6.31. The SMILES string of the molecule is CN(C(=O)NCc1cccc(F)c1Cl)[C@H](CN)COC(=O)Nc1cc2ccccc2cn1. The second kappa shape index (κ2) is 10.7. The van der Waals surface area contributed by atoms with E-state index in [0.717, 1.165) is 10.8 Å². The van der Waals surface area contributed by atoms with Crippen LogP contribution in [0.25, 0.3) is 10.8 Å². The number of carbonyl (C=O) groups excluding carboxylic acids is 2. The average Bonchev–Trinajstić information content (AvgIpc) is 2.80. The van der Waals surface area contributed by atoms with Gasteiger partial charge in [0, 0.05) is 31.7 Å². The van der Waals surface area contributed by atoms with Crippen LogP contribution in [-0.2, 0) is 11.3 Å². The predicted molar refractivity (Wildman–Crippen MR) is 121 cm³/mol. The van der Waals surface area contributed by atoms with Crippen molar-refractivity contribution >= 4 is 40.3 Å².